The summed E-state index contributed by atoms with van der Waals surface area (Å²) in [6, 6.07) is 1.69. The Morgan fingerprint density at radius 3 is 3.07 bits per heavy atom. The number of hydrogen-bond donors (Lipinski definition) is 1. The topological polar surface area (TPSA) is 70.1 Å². The van der Waals surface area contributed by atoms with E-state index in [0.717, 1.165) is 10.3 Å². The summed E-state index contributed by atoms with van der Waals surface area (Å²) in [6.45, 7) is 2.15. The molecule has 0 fully saturated rings. The predicted octanol–water partition coefficient (Wildman–Crippen LogP) is 1.39. The van der Waals surface area contributed by atoms with Gasteiger partial charge < -0.3 is 15.0 Å². The molecule has 0 saturated carbocycles. The first kappa shape index (κ1) is 9.97. The van der Waals surface area contributed by atoms with E-state index in [2.05, 4.69) is 4.98 Å². The quantitative estimate of drug-likeness (QED) is 0.784. The molecule has 0 radical (unpaired) electrons. The zero-order valence-electron chi connectivity index (χ0n) is 8.48. The van der Waals surface area contributed by atoms with Crippen molar-refractivity contribution in [3.63, 3.8) is 0 Å². The monoisotopic (exact) mass is 225 g/mol. The molecule has 5 nitrogen and oxygen atoms in total. The van der Waals surface area contributed by atoms with Crippen LogP contribution < -0.4 is 5.73 Å². The standard InChI is InChI=1S/C9H11N3O2S/c1-3-14-8(13)6-4-5-7(12(6)2)15-9(10)11-5/h4H,3H2,1-2H3,(H2,10,11). The zero-order chi connectivity index (χ0) is 11.0. The number of nitrogens with two attached hydrogens (primary N) is 1. The van der Waals surface area contributed by atoms with Crippen molar-refractivity contribution in [2.45, 2.75) is 6.92 Å². The summed E-state index contributed by atoms with van der Waals surface area (Å²) in [7, 11) is 1.80. The van der Waals surface area contributed by atoms with Crippen molar-refractivity contribution < 1.29 is 9.53 Å². The van der Waals surface area contributed by atoms with Crippen molar-refractivity contribution >= 4 is 32.8 Å². The van der Waals surface area contributed by atoms with Crippen LogP contribution in [0.1, 0.15) is 17.4 Å². The third-order valence-corrected chi connectivity index (χ3v) is 3.05. The number of nitrogens with zero attached hydrogens (tertiary/aromatic N) is 2. The van der Waals surface area contributed by atoms with E-state index in [-0.39, 0.29) is 5.97 Å². The zero-order valence-corrected chi connectivity index (χ0v) is 9.30. The average Bonchev–Trinajstić information content (AvgIpc) is 2.66. The van der Waals surface area contributed by atoms with E-state index < -0.39 is 0 Å². The van der Waals surface area contributed by atoms with Gasteiger partial charge in [-0.3, -0.25) is 0 Å². The van der Waals surface area contributed by atoms with E-state index in [0.29, 0.717) is 17.4 Å². The number of anilines is 1. The molecule has 0 bridgehead atoms. The van der Waals surface area contributed by atoms with Gasteiger partial charge in [0.1, 0.15) is 16.0 Å². The van der Waals surface area contributed by atoms with Gasteiger partial charge in [-0.05, 0) is 13.0 Å². The maximum absolute atomic E-state index is 11.5. The fourth-order valence-electron chi connectivity index (χ4n) is 1.41. The summed E-state index contributed by atoms with van der Waals surface area (Å²) in [4.78, 5) is 16.5. The number of thiazole rings is 1. The van der Waals surface area contributed by atoms with E-state index in [1.807, 2.05) is 0 Å². The highest BCUT2D eigenvalue weighted by atomic mass is 32.1. The minimum atomic E-state index is -0.330. The van der Waals surface area contributed by atoms with Gasteiger partial charge in [0.25, 0.3) is 0 Å². The SMILES string of the molecule is CCOC(=O)c1cc2nc(N)sc2n1C. The second-order valence-electron chi connectivity index (χ2n) is 3.05. The summed E-state index contributed by atoms with van der Waals surface area (Å²) in [5.74, 6) is -0.330. The van der Waals surface area contributed by atoms with Crippen molar-refractivity contribution in [1.29, 1.82) is 0 Å². The van der Waals surface area contributed by atoms with Crippen LogP contribution in [-0.2, 0) is 11.8 Å². The molecule has 80 valence electrons. The van der Waals surface area contributed by atoms with Crippen LogP contribution in [0.25, 0.3) is 10.3 Å². The molecule has 0 aliphatic rings. The maximum Gasteiger partial charge on any atom is 0.355 e. The van der Waals surface area contributed by atoms with E-state index >= 15 is 0 Å². The van der Waals surface area contributed by atoms with Gasteiger partial charge in [0.15, 0.2) is 5.13 Å². The number of ether oxygens (including phenoxy) is 1. The van der Waals surface area contributed by atoms with Gasteiger partial charge in [0.2, 0.25) is 0 Å². The number of fused-ring (bicyclic) bond motifs is 1. The third kappa shape index (κ3) is 1.56. The Morgan fingerprint density at radius 1 is 1.73 bits per heavy atom. The lowest BCUT2D eigenvalue weighted by atomic mass is 10.4. The summed E-state index contributed by atoms with van der Waals surface area (Å²) in [6.07, 6.45) is 0. The third-order valence-electron chi connectivity index (χ3n) is 2.08. The van der Waals surface area contributed by atoms with Gasteiger partial charge in [-0.1, -0.05) is 11.3 Å². The van der Waals surface area contributed by atoms with Crippen molar-refractivity contribution in [2.24, 2.45) is 7.05 Å². The number of esters is 1. The minimum absolute atomic E-state index is 0.330. The van der Waals surface area contributed by atoms with Crippen LogP contribution in [0.3, 0.4) is 0 Å². The van der Waals surface area contributed by atoms with E-state index in [1.165, 1.54) is 11.3 Å². The highest BCUT2D eigenvalue weighted by Gasteiger charge is 2.16. The van der Waals surface area contributed by atoms with Crippen LogP contribution in [0.4, 0.5) is 5.13 Å². The lowest BCUT2D eigenvalue weighted by molar-refractivity contribution is 0.0516. The highest BCUT2D eigenvalue weighted by molar-refractivity contribution is 7.21. The molecule has 15 heavy (non-hydrogen) atoms. The summed E-state index contributed by atoms with van der Waals surface area (Å²) in [5.41, 5.74) is 6.81. The van der Waals surface area contributed by atoms with Crippen molar-refractivity contribution in [1.82, 2.24) is 9.55 Å². The van der Waals surface area contributed by atoms with Gasteiger partial charge in [0.05, 0.1) is 6.61 Å². The van der Waals surface area contributed by atoms with Crippen LogP contribution in [0, 0.1) is 0 Å². The largest absolute Gasteiger partial charge is 0.461 e. The number of carbonyl (C=O) groups is 1. The first-order chi connectivity index (χ1) is 7.13. The van der Waals surface area contributed by atoms with E-state index in [9.17, 15) is 4.79 Å². The average molecular weight is 225 g/mol. The minimum Gasteiger partial charge on any atom is -0.461 e. The Hall–Kier alpha value is -1.56. The van der Waals surface area contributed by atoms with Crippen molar-refractivity contribution in [3.8, 4) is 0 Å². The van der Waals surface area contributed by atoms with Gasteiger partial charge in [-0.15, -0.1) is 0 Å². The first-order valence-corrected chi connectivity index (χ1v) is 5.34. The fourth-order valence-corrected chi connectivity index (χ4v) is 2.20. The van der Waals surface area contributed by atoms with Crippen molar-refractivity contribution in [3.05, 3.63) is 11.8 Å². The smallest absolute Gasteiger partial charge is 0.355 e. The van der Waals surface area contributed by atoms with E-state index in [4.69, 9.17) is 10.5 Å². The van der Waals surface area contributed by atoms with Gasteiger partial charge in [-0.2, -0.15) is 0 Å². The molecule has 0 amide bonds. The number of nitrogen functional groups attached to an aromatic ring is 1. The molecule has 6 heteroatoms. The van der Waals surface area contributed by atoms with Gasteiger partial charge in [0, 0.05) is 7.05 Å². The molecule has 0 atom stereocenters. The van der Waals surface area contributed by atoms with Gasteiger partial charge in [-0.25, -0.2) is 9.78 Å². The first-order valence-electron chi connectivity index (χ1n) is 4.52. The van der Waals surface area contributed by atoms with Crippen LogP contribution in [0.15, 0.2) is 6.07 Å². The molecule has 2 aromatic rings. The number of hydrogen-bond acceptors (Lipinski definition) is 5. The molecule has 0 unspecified atom stereocenters. The molecule has 0 spiro atoms. The number of rotatable bonds is 2. The van der Waals surface area contributed by atoms with Crippen LogP contribution in [0.2, 0.25) is 0 Å². The van der Waals surface area contributed by atoms with E-state index in [1.54, 1.807) is 24.6 Å². The summed E-state index contributed by atoms with van der Waals surface area (Å²) < 4.78 is 6.68. The van der Waals surface area contributed by atoms with Gasteiger partial charge >= 0.3 is 5.97 Å². The second kappa shape index (κ2) is 3.54. The molecule has 2 rings (SSSR count). The fraction of sp³-hybridized carbons (Fsp3) is 0.333. The Kier molecular flexibility index (Phi) is 2.36. The molecule has 0 aliphatic heterocycles. The molecule has 2 N–H and O–H groups in total. The lowest BCUT2D eigenvalue weighted by Gasteiger charge is -2.02. The molecule has 2 aromatic heterocycles. The number of aryl methyl sites for hydroxylation is 1. The number of aromatic nitrogens is 2. The summed E-state index contributed by atoms with van der Waals surface area (Å²) >= 11 is 1.36. The lowest BCUT2D eigenvalue weighted by Crippen LogP contribution is -2.09. The Morgan fingerprint density at radius 2 is 2.47 bits per heavy atom. The van der Waals surface area contributed by atoms with Crippen LogP contribution >= 0.6 is 11.3 Å². The van der Waals surface area contributed by atoms with Crippen molar-refractivity contribution in [2.75, 3.05) is 12.3 Å². The Balaban J connectivity index is 2.49. The Bertz CT molecular complexity index is 515. The predicted molar refractivity (Wildman–Crippen MR) is 59.0 cm³/mol. The number of carbonyl (C=O) groups excluding carboxylic acids is 1. The highest BCUT2D eigenvalue weighted by Crippen LogP contribution is 2.26. The van der Waals surface area contributed by atoms with Crippen LogP contribution in [-0.4, -0.2) is 22.1 Å². The molecular weight excluding hydrogens is 214 g/mol. The summed E-state index contributed by atoms with van der Waals surface area (Å²) in [5, 5.41) is 0.506. The normalized spacial score (nSPS) is 10.8. The molecule has 0 aromatic carbocycles. The Labute approximate surface area is 90.5 Å². The molecule has 2 heterocycles. The molecular formula is C9H11N3O2S. The van der Waals surface area contributed by atoms with Crippen LogP contribution in [0.5, 0.6) is 0 Å². The molecule has 0 aliphatic carbocycles. The maximum atomic E-state index is 11.5. The second-order valence-corrected chi connectivity index (χ2v) is 4.06. The molecule has 0 saturated heterocycles.